The number of nitrogens with one attached hydrogen (secondary N) is 1. The van der Waals surface area contributed by atoms with E-state index in [2.05, 4.69) is 38.4 Å². The van der Waals surface area contributed by atoms with Crippen LogP contribution >= 0.6 is 15.9 Å². The van der Waals surface area contributed by atoms with Crippen LogP contribution in [0, 0.1) is 6.92 Å². The van der Waals surface area contributed by atoms with Gasteiger partial charge in [0.2, 0.25) is 0 Å². The number of hydrogen-bond donors (Lipinski definition) is 1. The molecule has 2 heterocycles. The van der Waals surface area contributed by atoms with Crippen molar-refractivity contribution in [1.29, 1.82) is 0 Å². The van der Waals surface area contributed by atoms with E-state index in [0.29, 0.717) is 24.4 Å². The van der Waals surface area contributed by atoms with Gasteiger partial charge in [0, 0.05) is 34.0 Å². The third-order valence-corrected chi connectivity index (χ3v) is 5.61. The number of aromatic nitrogens is 4. The fourth-order valence-corrected chi connectivity index (χ4v) is 3.76. The van der Waals surface area contributed by atoms with Crippen LogP contribution in [0.4, 0.5) is 5.69 Å². The van der Waals surface area contributed by atoms with Crippen molar-refractivity contribution in [2.24, 2.45) is 0 Å². The smallest absolute Gasteiger partial charge is 0.255 e. The van der Waals surface area contributed by atoms with Crippen molar-refractivity contribution in [1.82, 2.24) is 19.6 Å². The molecule has 0 saturated carbocycles. The molecule has 1 amide bonds. The van der Waals surface area contributed by atoms with Crippen LogP contribution < -0.4 is 10.1 Å². The topological polar surface area (TPSA) is 74.0 Å². The standard InChI is InChI=1S/C24H24BrN5O2/c1-3-30-17(2)20(12-27-30)14-29-15-22(13-26-29)28-24(31)19-7-4-6-18(10-19)16-32-23-9-5-8-21(25)11-23/h4-13,15H,3,14,16H2,1-2H3,(H,28,31). The Morgan fingerprint density at radius 2 is 1.97 bits per heavy atom. The Kier molecular flexibility index (Phi) is 6.70. The second-order valence-corrected chi connectivity index (χ2v) is 8.31. The summed E-state index contributed by atoms with van der Waals surface area (Å²) in [7, 11) is 0. The van der Waals surface area contributed by atoms with Crippen molar-refractivity contribution in [3.63, 3.8) is 0 Å². The van der Waals surface area contributed by atoms with E-state index in [1.54, 1.807) is 16.9 Å². The van der Waals surface area contributed by atoms with Gasteiger partial charge >= 0.3 is 0 Å². The number of halogens is 1. The Bertz CT molecular complexity index is 1230. The molecule has 0 aliphatic rings. The van der Waals surface area contributed by atoms with Gasteiger partial charge in [-0.1, -0.05) is 34.1 Å². The molecule has 164 valence electrons. The summed E-state index contributed by atoms with van der Waals surface area (Å²) < 4.78 is 10.5. The highest BCUT2D eigenvalue weighted by Crippen LogP contribution is 2.19. The number of carbonyl (C=O) groups is 1. The summed E-state index contributed by atoms with van der Waals surface area (Å²) in [5, 5.41) is 11.6. The van der Waals surface area contributed by atoms with E-state index in [0.717, 1.165) is 33.6 Å². The molecule has 2 aromatic carbocycles. The predicted molar refractivity (Wildman–Crippen MR) is 127 cm³/mol. The van der Waals surface area contributed by atoms with Crippen molar-refractivity contribution in [3.8, 4) is 5.75 Å². The minimum absolute atomic E-state index is 0.191. The number of ether oxygens (including phenoxy) is 1. The third-order valence-electron chi connectivity index (χ3n) is 5.12. The lowest BCUT2D eigenvalue weighted by molar-refractivity contribution is 0.102. The van der Waals surface area contributed by atoms with Crippen molar-refractivity contribution < 1.29 is 9.53 Å². The molecule has 0 atom stereocenters. The first-order valence-corrected chi connectivity index (χ1v) is 11.1. The van der Waals surface area contributed by atoms with Gasteiger partial charge in [-0.05, 0) is 49.7 Å². The van der Waals surface area contributed by atoms with E-state index in [9.17, 15) is 4.79 Å². The van der Waals surface area contributed by atoms with E-state index in [-0.39, 0.29) is 5.91 Å². The highest BCUT2D eigenvalue weighted by atomic mass is 79.9. The van der Waals surface area contributed by atoms with E-state index in [1.165, 1.54) is 0 Å². The van der Waals surface area contributed by atoms with E-state index in [1.807, 2.05) is 66.5 Å². The number of amides is 1. The van der Waals surface area contributed by atoms with Gasteiger partial charge in [-0.2, -0.15) is 10.2 Å². The molecule has 0 saturated heterocycles. The molecular weight excluding hydrogens is 470 g/mol. The Morgan fingerprint density at radius 3 is 2.75 bits per heavy atom. The zero-order valence-electron chi connectivity index (χ0n) is 18.0. The van der Waals surface area contributed by atoms with Crippen molar-refractivity contribution in [2.45, 2.75) is 33.5 Å². The molecule has 7 nitrogen and oxygen atoms in total. The number of nitrogens with zero attached hydrogens (tertiary/aromatic N) is 4. The highest BCUT2D eigenvalue weighted by Gasteiger charge is 2.11. The lowest BCUT2D eigenvalue weighted by Crippen LogP contribution is -2.12. The normalized spacial score (nSPS) is 10.8. The van der Waals surface area contributed by atoms with Gasteiger partial charge in [-0.3, -0.25) is 14.2 Å². The lowest BCUT2D eigenvalue weighted by atomic mass is 10.1. The van der Waals surface area contributed by atoms with Gasteiger partial charge in [0.1, 0.15) is 12.4 Å². The molecule has 4 aromatic rings. The average molecular weight is 494 g/mol. The Hall–Kier alpha value is -3.39. The number of benzene rings is 2. The van der Waals surface area contributed by atoms with Gasteiger partial charge in [-0.15, -0.1) is 0 Å². The maximum Gasteiger partial charge on any atom is 0.255 e. The van der Waals surface area contributed by atoms with E-state index in [4.69, 9.17) is 4.74 Å². The first kappa shape index (κ1) is 21.8. The number of rotatable bonds is 8. The number of hydrogen-bond acceptors (Lipinski definition) is 4. The highest BCUT2D eigenvalue weighted by molar-refractivity contribution is 9.10. The van der Waals surface area contributed by atoms with E-state index < -0.39 is 0 Å². The van der Waals surface area contributed by atoms with Crippen LogP contribution in [0.5, 0.6) is 5.75 Å². The molecule has 0 aliphatic heterocycles. The van der Waals surface area contributed by atoms with Gasteiger partial charge in [-0.25, -0.2) is 0 Å². The molecule has 0 aliphatic carbocycles. The molecule has 1 N–H and O–H groups in total. The fourth-order valence-electron chi connectivity index (χ4n) is 3.38. The quantitative estimate of drug-likeness (QED) is 0.372. The monoisotopic (exact) mass is 493 g/mol. The van der Waals surface area contributed by atoms with Crippen LogP contribution in [-0.4, -0.2) is 25.5 Å². The maximum atomic E-state index is 12.7. The Morgan fingerprint density at radius 1 is 1.12 bits per heavy atom. The average Bonchev–Trinajstić information content (AvgIpc) is 3.38. The Balaban J connectivity index is 1.37. The predicted octanol–water partition coefficient (Wildman–Crippen LogP) is 5.05. The third kappa shape index (κ3) is 5.26. The van der Waals surface area contributed by atoms with Crippen LogP contribution in [0.2, 0.25) is 0 Å². The molecule has 0 bridgehead atoms. The number of anilines is 1. The second-order valence-electron chi connectivity index (χ2n) is 7.40. The maximum absolute atomic E-state index is 12.7. The van der Waals surface area contributed by atoms with Crippen molar-refractivity contribution in [2.75, 3.05) is 5.32 Å². The molecule has 0 spiro atoms. The molecule has 8 heteroatoms. The first-order valence-electron chi connectivity index (χ1n) is 10.3. The first-order chi connectivity index (χ1) is 15.5. The molecule has 32 heavy (non-hydrogen) atoms. The van der Waals surface area contributed by atoms with Gasteiger partial charge < -0.3 is 10.1 Å². The van der Waals surface area contributed by atoms with Crippen LogP contribution in [0.1, 0.15) is 34.1 Å². The van der Waals surface area contributed by atoms with Gasteiger partial charge in [0.25, 0.3) is 5.91 Å². The SMILES string of the molecule is CCn1ncc(Cn2cc(NC(=O)c3cccc(COc4cccc(Br)c4)c3)cn2)c1C. The summed E-state index contributed by atoms with van der Waals surface area (Å²) in [6.45, 7) is 5.92. The Labute approximate surface area is 195 Å². The largest absolute Gasteiger partial charge is 0.489 e. The molecular formula is C24H24BrN5O2. The summed E-state index contributed by atoms with van der Waals surface area (Å²) >= 11 is 3.43. The van der Waals surface area contributed by atoms with Gasteiger partial charge in [0.05, 0.1) is 24.6 Å². The lowest BCUT2D eigenvalue weighted by Gasteiger charge is -2.08. The summed E-state index contributed by atoms with van der Waals surface area (Å²) in [5.74, 6) is 0.574. The molecule has 0 fully saturated rings. The van der Waals surface area contributed by atoms with Crippen molar-refractivity contribution >= 4 is 27.5 Å². The van der Waals surface area contributed by atoms with Crippen molar-refractivity contribution in [3.05, 3.63) is 94.0 Å². The minimum Gasteiger partial charge on any atom is -0.489 e. The van der Waals surface area contributed by atoms with E-state index >= 15 is 0 Å². The molecule has 2 aromatic heterocycles. The zero-order chi connectivity index (χ0) is 22.5. The van der Waals surface area contributed by atoms with Crippen LogP contribution in [-0.2, 0) is 19.7 Å². The molecule has 0 radical (unpaired) electrons. The summed E-state index contributed by atoms with van der Waals surface area (Å²) in [5.41, 5.74) is 4.35. The zero-order valence-corrected chi connectivity index (χ0v) is 19.5. The second kappa shape index (κ2) is 9.82. The summed E-state index contributed by atoms with van der Waals surface area (Å²) in [6.07, 6.45) is 5.33. The summed E-state index contributed by atoms with van der Waals surface area (Å²) in [6, 6.07) is 15.1. The van der Waals surface area contributed by atoms with Crippen LogP contribution in [0.3, 0.4) is 0 Å². The molecule has 4 rings (SSSR count). The van der Waals surface area contributed by atoms with Gasteiger partial charge in [0.15, 0.2) is 0 Å². The summed E-state index contributed by atoms with van der Waals surface area (Å²) in [4.78, 5) is 12.7. The fraction of sp³-hybridized carbons (Fsp3) is 0.208. The number of carbonyl (C=O) groups excluding carboxylic acids is 1. The minimum atomic E-state index is -0.191. The molecule has 0 unspecified atom stereocenters. The van der Waals surface area contributed by atoms with Crippen LogP contribution in [0.25, 0.3) is 0 Å². The number of aryl methyl sites for hydroxylation is 1. The van der Waals surface area contributed by atoms with Crippen LogP contribution in [0.15, 0.2) is 71.6 Å².